The highest BCUT2D eigenvalue weighted by Crippen LogP contribution is 2.08. The SMILES string of the molecule is COC(=O)c1ccc(C[NH+]2CCCC2)o1. The molecule has 0 saturated carbocycles. The standard InChI is InChI=1S/C11H15NO3/c1-14-11(13)10-5-4-9(15-10)8-12-6-2-3-7-12/h4-5H,2-3,6-8H2,1H3/p+1. The fourth-order valence-corrected chi connectivity index (χ4v) is 1.98. The highest BCUT2D eigenvalue weighted by molar-refractivity contribution is 5.86. The molecule has 1 aliphatic heterocycles. The molecule has 1 aromatic heterocycles. The summed E-state index contributed by atoms with van der Waals surface area (Å²) in [5.74, 6) is 0.760. The Morgan fingerprint density at radius 1 is 1.47 bits per heavy atom. The number of rotatable bonds is 3. The van der Waals surface area contributed by atoms with Crippen molar-refractivity contribution in [3.63, 3.8) is 0 Å². The molecule has 1 N–H and O–H groups in total. The normalized spacial score (nSPS) is 16.9. The van der Waals surface area contributed by atoms with Crippen LogP contribution in [-0.4, -0.2) is 26.2 Å². The number of hydrogen-bond acceptors (Lipinski definition) is 3. The van der Waals surface area contributed by atoms with Crippen molar-refractivity contribution in [1.29, 1.82) is 0 Å². The van der Waals surface area contributed by atoms with Gasteiger partial charge in [-0.25, -0.2) is 4.79 Å². The van der Waals surface area contributed by atoms with E-state index in [1.165, 1.54) is 37.9 Å². The van der Waals surface area contributed by atoms with E-state index in [2.05, 4.69) is 4.74 Å². The molecule has 0 spiro atoms. The smallest absolute Gasteiger partial charge is 0.373 e. The van der Waals surface area contributed by atoms with E-state index in [1.54, 1.807) is 6.07 Å². The second-order valence-electron chi connectivity index (χ2n) is 3.89. The molecule has 4 heteroatoms. The maximum absolute atomic E-state index is 11.1. The minimum Gasteiger partial charge on any atom is -0.463 e. The lowest BCUT2D eigenvalue weighted by molar-refractivity contribution is -0.902. The third-order valence-corrected chi connectivity index (χ3v) is 2.78. The largest absolute Gasteiger partial charge is 0.463 e. The van der Waals surface area contributed by atoms with Crippen LogP contribution in [0.4, 0.5) is 0 Å². The van der Waals surface area contributed by atoms with Crippen LogP contribution < -0.4 is 4.90 Å². The first-order chi connectivity index (χ1) is 7.29. The second-order valence-corrected chi connectivity index (χ2v) is 3.89. The van der Waals surface area contributed by atoms with E-state index in [9.17, 15) is 4.79 Å². The van der Waals surface area contributed by atoms with Crippen molar-refractivity contribution in [2.75, 3.05) is 20.2 Å². The molecule has 0 unspecified atom stereocenters. The van der Waals surface area contributed by atoms with Gasteiger partial charge < -0.3 is 14.1 Å². The molecule has 0 atom stereocenters. The van der Waals surface area contributed by atoms with E-state index >= 15 is 0 Å². The minimum atomic E-state index is -0.405. The molecule has 1 aromatic rings. The number of methoxy groups -OCH3 is 1. The quantitative estimate of drug-likeness (QED) is 0.727. The third kappa shape index (κ3) is 2.39. The van der Waals surface area contributed by atoms with Gasteiger partial charge in [-0.3, -0.25) is 0 Å². The molecule has 0 aromatic carbocycles. The van der Waals surface area contributed by atoms with Gasteiger partial charge >= 0.3 is 5.97 Å². The van der Waals surface area contributed by atoms with Crippen LogP contribution in [-0.2, 0) is 11.3 Å². The van der Waals surface area contributed by atoms with Gasteiger partial charge in [0.1, 0.15) is 6.54 Å². The number of nitrogens with one attached hydrogen (secondary N) is 1. The molecule has 2 rings (SSSR count). The zero-order chi connectivity index (χ0) is 10.7. The van der Waals surface area contributed by atoms with E-state index in [0.29, 0.717) is 5.76 Å². The topological polar surface area (TPSA) is 43.9 Å². The van der Waals surface area contributed by atoms with Crippen LogP contribution in [0.1, 0.15) is 29.2 Å². The zero-order valence-electron chi connectivity index (χ0n) is 8.91. The highest BCUT2D eigenvalue weighted by atomic mass is 16.5. The summed E-state index contributed by atoms with van der Waals surface area (Å²) in [7, 11) is 1.36. The average molecular weight is 210 g/mol. The zero-order valence-corrected chi connectivity index (χ0v) is 8.91. The van der Waals surface area contributed by atoms with Crippen LogP contribution in [0.3, 0.4) is 0 Å². The van der Waals surface area contributed by atoms with Crippen molar-refractivity contribution in [2.24, 2.45) is 0 Å². The number of hydrogen-bond donors (Lipinski definition) is 1. The fraction of sp³-hybridized carbons (Fsp3) is 0.545. The van der Waals surface area contributed by atoms with Crippen molar-refractivity contribution in [2.45, 2.75) is 19.4 Å². The molecule has 0 amide bonds. The van der Waals surface area contributed by atoms with Gasteiger partial charge in [0, 0.05) is 12.8 Å². The van der Waals surface area contributed by atoms with Gasteiger partial charge in [0.15, 0.2) is 5.76 Å². The second kappa shape index (κ2) is 4.49. The first-order valence-electron chi connectivity index (χ1n) is 5.30. The molecular formula is C11H16NO3+. The molecular weight excluding hydrogens is 194 g/mol. The molecule has 1 aliphatic rings. The molecule has 0 aliphatic carbocycles. The Labute approximate surface area is 88.8 Å². The number of esters is 1. The minimum absolute atomic E-state index is 0.297. The summed E-state index contributed by atoms with van der Waals surface area (Å²) in [4.78, 5) is 12.7. The van der Waals surface area contributed by atoms with E-state index in [0.717, 1.165) is 12.3 Å². The lowest BCUT2D eigenvalue weighted by Crippen LogP contribution is -3.08. The summed E-state index contributed by atoms with van der Waals surface area (Å²) < 4.78 is 9.98. The molecule has 82 valence electrons. The third-order valence-electron chi connectivity index (χ3n) is 2.78. The van der Waals surface area contributed by atoms with Crippen molar-refractivity contribution in [3.8, 4) is 0 Å². The van der Waals surface area contributed by atoms with Crippen molar-refractivity contribution < 1.29 is 18.8 Å². The van der Waals surface area contributed by atoms with Gasteiger partial charge in [-0.15, -0.1) is 0 Å². The van der Waals surface area contributed by atoms with Crippen LogP contribution in [0.15, 0.2) is 16.5 Å². The van der Waals surface area contributed by atoms with Gasteiger partial charge in [0.2, 0.25) is 5.76 Å². The monoisotopic (exact) mass is 210 g/mol. The van der Waals surface area contributed by atoms with E-state index in [1.807, 2.05) is 6.07 Å². The van der Waals surface area contributed by atoms with Gasteiger partial charge in [0.25, 0.3) is 0 Å². The summed E-state index contributed by atoms with van der Waals surface area (Å²) in [5.41, 5.74) is 0. The Balaban J connectivity index is 1.97. The first kappa shape index (κ1) is 10.2. The van der Waals surface area contributed by atoms with E-state index in [4.69, 9.17) is 4.42 Å². The van der Waals surface area contributed by atoms with Gasteiger partial charge in [-0.1, -0.05) is 0 Å². The average Bonchev–Trinajstić information content (AvgIpc) is 2.88. The summed E-state index contributed by atoms with van der Waals surface area (Å²) in [6.07, 6.45) is 2.58. The predicted octanol–water partition coefficient (Wildman–Crippen LogP) is 0.245. The highest BCUT2D eigenvalue weighted by Gasteiger charge is 2.18. The number of carbonyl (C=O) groups excluding carboxylic acids is 1. The molecule has 1 saturated heterocycles. The number of furan rings is 1. The Bertz CT molecular complexity index is 339. The molecule has 2 heterocycles. The van der Waals surface area contributed by atoms with Crippen molar-refractivity contribution >= 4 is 5.97 Å². The number of ether oxygens (including phenoxy) is 1. The maximum Gasteiger partial charge on any atom is 0.373 e. The molecule has 0 bridgehead atoms. The summed E-state index contributed by atoms with van der Waals surface area (Å²) in [6.45, 7) is 3.28. The van der Waals surface area contributed by atoms with Gasteiger partial charge in [-0.05, 0) is 12.1 Å². The predicted molar refractivity (Wildman–Crippen MR) is 53.7 cm³/mol. The Morgan fingerprint density at radius 2 is 2.20 bits per heavy atom. The van der Waals surface area contributed by atoms with E-state index in [-0.39, 0.29) is 0 Å². The van der Waals surface area contributed by atoms with Crippen molar-refractivity contribution in [1.82, 2.24) is 0 Å². The van der Waals surface area contributed by atoms with Crippen LogP contribution in [0.2, 0.25) is 0 Å². The summed E-state index contributed by atoms with van der Waals surface area (Å²) >= 11 is 0. The van der Waals surface area contributed by atoms with Crippen LogP contribution in [0.5, 0.6) is 0 Å². The lowest BCUT2D eigenvalue weighted by atomic mass is 10.4. The molecule has 0 radical (unpaired) electrons. The van der Waals surface area contributed by atoms with Crippen LogP contribution in [0, 0.1) is 0 Å². The number of likely N-dealkylation sites (tertiary alicyclic amines) is 1. The Kier molecular flexibility index (Phi) is 3.06. The maximum atomic E-state index is 11.1. The molecule has 4 nitrogen and oxygen atoms in total. The van der Waals surface area contributed by atoms with Gasteiger partial charge in [-0.2, -0.15) is 0 Å². The number of quaternary nitrogens is 1. The van der Waals surface area contributed by atoms with Crippen LogP contribution >= 0.6 is 0 Å². The lowest BCUT2D eigenvalue weighted by Gasteiger charge is -2.08. The molecule has 1 fully saturated rings. The van der Waals surface area contributed by atoms with E-state index < -0.39 is 5.97 Å². The number of carbonyl (C=O) groups is 1. The van der Waals surface area contributed by atoms with Crippen LogP contribution in [0.25, 0.3) is 0 Å². The summed E-state index contributed by atoms with van der Waals surface area (Å²) in [5, 5.41) is 0. The molecule has 15 heavy (non-hydrogen) atoms. The first-order valence-corrected chi connectivity index (χ1v) is 5.30. The van der Waals surface area contributed by atoms with Gasteiger partial charge in [0.05, 0.1) is 20.2 Å². The van der Waals surface area contributed by atoms with Crippen molar-refractivity contribution in [3.05, 3.63) is 23.7 Å². The Morgan fingerprint density at radius 3 is 2.87 bits per heavy atom. The summed E-state index contributed by atoms with van der Waals surface area (Å²) in [6, 6.07) is 3.54. The Hall–Kier alpha value is -1.29. The fourth-order valence-electron chi connectivity index (χ4n) is 1.98.